The third-order valence-corrected chi connectivity index (χ3v) is 4.14. The van der Waals surface area contributed by atoms with Crippen molar-refractivity contribution in [1.82, 2.24) is 4.57 Å². The lowest BCUT2D eigenvalue weighted by atomic mass is 10.1. The molecule has 0 saturated carbocycles. The summed E-state index contributed by atoms with van der Waals surface area (Å²) in [4.78, 5) is 0. The molecule has 0 spiro atoms. The molecule has 1 unspecified atom stereocenters. The molecule has 0 bridgehead atoms. The van der Waals surface area contributed by atoms with Gasteiger partial charge in [-0.2, -0.15) is 0 Å². The molecule has 0 aromatic carbocycles. The molecule has 0 saturated heterocycles. The van der Waals surface area contributed by atoms with Gasteiger partial charge in [0.2, 0.25) is 0 Å². The van der Waals surface area contributed by atoms with Crippen LogP contribution < -0.4 is 5.73 Å². The van der Waals surface area contributed by atoms with Gasteiger partial charge in [-0.15, -0.1) is 0 Å². The first-order valence-corrected chi connectivity index (χ1v) is 9.12. The van der Waals surface area contributed by atoms with Crippen LogP contribution in [0.1, 0.15) is 83.6 Å². The number of aromatic nitrogens is 1. The molecule has 0 aliphatic carbocycles. The van der Waals surface area contributed by atoms with Crippen molar-refractivity contribution in [1.29, 1.82) is 0 Å². The molecular weight excluding hydrogens is 256 g/mol. The van der Waals surface area contributed by atoms with Crippen molar-refractivity contribution in [2.45, 2.75) is 97.1 Å². The zero-order valence-corrected chi connectivity index (χ0v) is 14.3. The lowest BCUT2D eigenvalue weighted by Crippen LogP contribution is -2.17. The molecule has 0 aliphatic rings. The van der Waals surface area contributed by atoms with Crippen molar-refractivity contribution in [3.63, 3.8) is 0 Å². The minimum atomic E-state index is 0.262. The number of nitrogens with zero attached hydrogens (tertiary/aromatic N) is 1. The molecule has 1 atom stereocenters. The van der Waals surface area contributed by atoms with E-state index in [4.69, 9.17) is 5.73 Å². The van der Waals surface area contributed by atoms with E-state index in [0.29, 0.717) is 0 Å². The summed E-state index contributed by atoms with van der Waals surface area (Å²) in [6.07, 6.45) is 19.5. The molecule has 0 radical (unpaired) electrons. The molecule has 2 N–H and O–H groups in total. The minimum absolute atomic E-state index is 0.262. The highest BCUT2D eigenvalue weighted by Crippen LogP contribution is 2.11. The number of hydrogen-bond acceptors (Lipinski definition) is 1. The van der Waals surface area contributed by atoms with E-state index in [1.54, 1.807) is 0 Å². The predicted molar refractivity (Wildman–Crippen MR) is 93.6 cm³/mol. The van der Waals surface area contributed by atoms with Gasteiger partial charge in [0.1, 0.15) is 0 Å². The van der Waals surface area contributed by atoms with Gasteiger partial charge in [0.05, 0.1) is 0 Å². The average molecular weight is 293 g/mol. The highest BCUT2D eigenvalue weighted by atomic mass is 14.9. The third-order valence-electron chi connectivity index (χ3n) is 4.14. The fraction of sp³-hybridized carbons (Fsp3) is 0.789. The van der Waals surface area contributed by atoms with Crippen LogP contribution in [0.3, 0.4) is 0 Å². The molecular formula is C19H36N2. The Morgan fingerprint density at radius 2 is 1.52 bits per heavy atom. The first-order valence-electron chi connectivity index (χ1n) is 9.12. The Labute approximate surface area is 132 Å². The lowest BCUT2D eigenvalue weighted by molar-refractivity contribution is 0.535. The Bertz CT molecular complexity index is 341. The summed E-state index contributed by atoms with van der Waals surface area (Å²) in [5.74, 6) is 0. The molecule has 2 heteroatoms. The maximum Gasteiger partial charge on any atom is 0.0219 e. The van der Waals surface area contributed by atoms with Crippen LogP contribution in [0.4, 0.5) is 0 Å². The summed E-state index contributed by atoms with van der Waals surface area (Å²) in [7, 11) is 0. The van der Waals surface area contributed by atoms with Crippen LogP contribution in [0.15, 0.2) is 18.5 Å². The molecule has 0 amide bonds. The Morgan fingerprint density at radius 1 is 0.952 bits per heavy atom. The standard InChI is InChI=1S/C19H36N2/c1-3-4-5-6-7-8-9-10-11-12-14-21-15-13-19(17-21)16-18(2)20/h13,15,17-18H,3-12,14,16,20H2,1-2H3. The fourth-order valence-electron chi connectivity index (χ4n) is 2.90. The summed E-state index contributed by atoms with van der Waals surface area (Å²) < 4.78 is 2.32. The van der Waals surface area contributed by atoms with Gasteiger partial charge in [-0.3, -0.25) is 0 Å². The largest absolute Gasteiger partial charge is 0.354 e. The van der Waals surface area contributed by atoms with E-state index >= 15 is 0 Å². The van der Waals surface area contributed by atoms with Crippen molar-refractivity contribution >= 4 is 0 Å². The smallest absolute Gasteiger partial charge is 0.0219 e. The van der Waals surface area contributed by atoms with E-state index in [2.05, 4.69) is 36.9 Å². The molecule has 0 aliphatic heterocycles. The van der Waals surface area contributed by atoms with Gasteiger partial charge in [-0.05, 0) is 31.4 Å². The number of rotatable bonds is 13. The first kappa shape index (κ1) is 18.3. The summed E-state index contributed by atoms with van der Waals surface area (Å²) >= 11 is 0. The Morgan fingerprint density at radius 3 is 2.10 bits per heavy atom. The van der Waals surface area contributed by atoms with Crippen molar-refractivity contribution < 1.29 is 0 Å². The molecule has 1 rings (SSSR count). The fourth-order valence-corrected chi connectivity index (χ4v) is 2.90. The van der Waals surface area contributed by atoms with Gasteiger partial charge in [0.25, 0.3) is 0 Å². The summed E-state index contributed by atoms with van der Waals surface area (Å²) in [6, 6.07) is 2.47. The van der Waals surface area contributed by atoms with Gasteiger partial charge in [-0.1, -0.05) is 64.7 Å². The molecule has 1 heterocycles. The molecule has 2 nitrogen and oxygen atoms in total. The number of aryl methyl sites for hydroxylation is 1. The monoisotopic (exact) mass is 292 g/mol. The summed E-state index contributed by atoms with van der Waals surface area (Å²) in [6.45, 7) is 5.51. The van der Waals surface area contributed by atoms with Crippen LogP contribution in [0.25, 0.3) is 0 Å². The van der Waals surface area contributed by atoms with Gasteiger partial charge < -0.3 is 10.3 Å². The van der Waals surface area contributed by atoms with E-state index in [0.717, 1.165) is 13.0 Å². The zero-order chi connectivity index (χ0) is 15.3. The number of unbranched alkanes of at least 4 members (excludes halogenated alkanes) is 9. The topological polar surface area (TPSA) is 30.9 Å². The normalized spacial score (nSPS) is 12.7. The molecule has 1 aromatic rings. The van der Waals surface area contributed by atoms with Gasteiger partial charge >= 0.3 is 0 Å². The second kappa shape index (κ2) is 11.9. The lowest BCUT2D eigenvalue weighted by Gasteiger charge is -2.04. The van der Waals surface area contributed by atoms with Gasteiger partial charge in [0, 0.05) is 25.0 Å². The molecule has 122 valence electrons. The van der Waals surface area contributed by atoms with E-state index < -0.39 is 0 Å². The highest BCUT2D eigenvalue weighted by molar-refractivity contribution is 5.11. The van der Waals surface area contributed by atoms with Crippen LogP contribution in [0.5, 0.6) is 0 Å². The Kier molecular flexibility index (Phi) is 10.3. The first-order chi connectivity index (χ1) is 10.2. The Balaban J connectivity index is 1.93. The highest BCUT2D eigenvalue weighted by Gasteiger charge is 2.00. The van der Waals surface area contributed by atoms with E-state index in [1.165, 1.54) is 69.8 Å². The Hall–Kier alpha value is -0.760. The maximum absolute atomic E-state index is 5.83. The second-order valence-electron chi connectivity index (χ2n) is 6.62. The quantitative estimate of drug-likeness (QED) is 0.491. The van der Waals surface area contributed by atoms with Crippen LogP contribution >= 0.6 is 0 Å². The molecule has 21 heavy (non-hydrogen) atoms. The second-order valence-corrected chi connectivity index (χ2v) is 6.62. The summed E-state index contributed by atoms with van der Waals surface area (Å²) in [5, 5.41) is 0. The van der Waals surface area contributed by atoms with E-state index in [-0.39, 0.29) is 6.04 Å². The molecule has 0 fully saturated rings. The van der Waals surface area contributed by atoms with E-state index in [9.17, 15) is 0 Å². The predicted octanol–water partition coefficient (Wildman–Crippen LogP) is 5.30. The van der Waals surface area contributed by atoms with Crippen LogP contribution in [0.2, 0.25) is 0 Å². The van der Waals surface area contributed by atoms with Crippen LogP contribution in [-0.2, 0) is 13.0 Å². The van der Waals surface area contributed by atoms with Crippen molar-refractivity contribution in [3.05, 3.63) is 24.0 Å². The SMILES string of the molecule is CCCCCCCCCCCCn1ccc(CC(C)N)c1. The van der Waals surface area contributed by atoms with Crippen LogP contribution in [-0.4, -0.2) is 10.6 Å². The van der Waals surface area contributed by atoms with Crippen molar-refractivity contribution in [2.24, 2.45) is 5.73 Å². The summed E-state index contributed by atoms with van der Waals surface area (Å²) in [5.41, 5.74) is 7.20. The van der Waals surface area contributed by atoms with Gasteiger partial charge in [-0.25, -0.2) is 0 Å². The number of nitrogens with two attached hydrogens (primary N) is 1. The van der Waals surface area contributed by atoms with Crippen LogP contribution in [0, 0.1) is 0 Å². The van der Waals surface area contributed by atoms with Crippen molar-refractivity contribution in [2.75, 3.05) is 0 Å². The minimum Gasteiger partial charge on any atom is -0.354 e. The zero-order valence-electron chi connectivity index (χ0n) is 14.3. The third kappa shape index (κ3) is 9.73. The van der Waals surface area contributed by atoms with Crippen molar-refractivity contribution in [3.8, 4) is 0 Å². The maximum atomic E-state index is 5.83. The molecule has 1 aromatic heterocycles. The van der Waals surface area contributed by atoms with Gasteiger partial charge in [0.15, 0.2) is 0 Å². The van der Waals surface area contributed by atoms with E-state index in [1.807, 2.05) is 0 Å². The average Bonchev–Trinajstić information content (AvgIpc) is 2.87. The number of hydrogen-bond donors (Lipinski definition) is 1.